The summed E-state index contributed by atoms with van der Waals surface area (Å²) in [6.07, 6.45) is 4.61. The lowest BCUT2D eigenvalue weighted by atomic mass is 10.1. The number of hydrogen-bond acceptors (Lipinski definition) is 5. The van der Waals surface area contributed by atoms with Crippen LogP contribution in [-0.4, -0.2) is 50.1 Å². The van der Waals surface area contributed by atoms with E-state index < -0.39 is 9.84 Å². The largest absolute Gasteiger partial charge is 0.475 e. The average molecular weight is 413 g/mol. The van der Waals surface area contributed by atoms with Gasteiger partial charge in [0.05, 0.1) is 18.4 Å². The SMILES string of the molecule is CCNC(=NCc1ccnc(OC(C)CC(C)C)c1)NC(C)CCS(C)(=O)=O. The van der Waals surface area contributed by atoms with Gasteiger partial charge in [-0.15, -0.1) is 0 Å². The van der Waals surface area contributed by atoms with Crippen LogP contribution in [0.4, 0.5) is 0 Å². The minimum Gasteiger partial charge on any atom is -0.475 e. The smallest absolute Gasteiger partial charge is 0.213 e. The Hall–Kier alpha value is -1.83. The van der Waals surface area contributed by atoms with E-state index in [2.05, 4.69) is 41.4 Å². The fourth-order valence-corrected chi connectivity index (χ4v) is 3.50. The number of sulfone groups is 1. The lowest BCUT2D eigenvalue weighted by molar-refractivity contribution is 0.185. The van der Waals surface area contributed by atoms with Crippen LogP contribution in [0, 0.1) is 5.92 Å². The molecule has 8 heteroatoms. The molecule has 0 aromatic carbocycles. The summed E-state index contributed by atoms with van der Waals surface area (Å²) in [4.78, 5) is 8.89. The second-order valence-electron chi connectivity index (χ2n) is 7.72. The zero-order chi connectivity index (χ0) is 21.2. The van der Waals surface area contributed by atoms with E-state index in [-0.39, 0.29) is 17.9 Å². The third-order valence-corrected chi connectivity index (χ3v) is 4.97. The maximum atomic E-state index is 11.3. The molecule has 0 aliphatic heterocycles. The number of aliphatic imine (C=N–C) groups is 1. The third kappa shape index (κ3) is 11.1. The lowest BCUT2D eigenvalue weighted by Crippen LogP contribution is -2.42. The molecule has 2 N–H and O–H groups in total. The van der Waals surface area contributed by atoms with Crippen molar-refractivity contribution in [1.29, 1.82) is 0 Å². The van der Waals surface area contributed by atoms with Crippen molar-refractivity contribution >= 4 is 15.8 Å². The van der Waals surface area contributed by atoms with Crippen LogP contribution in [0.15, 0.2) is 23.3 Å². The first-order valence-corrected chi connectivity index (χ1v) is 12.0. The first-order chi connectivity index (χ1) is 13.1. The highest BCUT2D eigenvalue weighted by Gasteiger charge is 2.10. The molecular formula is C20H36N4O3S. The minimum absolute atomic E-state index is 0.000687. The predicted octanol–water partition coefficient (Wildman–Crippen LogP) is 2.77. The number of rotatable bonds is 11. The van der Waals surface area contributed by atoms with Gasteiger partial charge in [0.1, 0.15) is 9.84 Å². The standard InChI is InChI=1S/C20H36N4O3S/c1-7-21-20(24-16(4)9-11-28(6,25)26)23-14-18-8-10-22-19(13-18)27-17(5)12-15(2)3/h8,10,13,15-17H,7,9,11-12,14H2,1-6H3,(H2,21,23,24). The van der Waals surface area contributed by atoms with Gasteiger partial charge in [0, 0.05) is 31.1 Å². The van der Waals surface area contributed by atoms with E-state index in [0.717, 1.165) is 18.5 Å². The summed E-state index contributed by atoms with van der Waals surface area (Å²) in [6, 6.07) is 3.83. The molecule has 160 valence electrons. The molecule has 0 spiro atoms. The summed E-state index contributed by atoms with van der Waals surface area (Å²) in [5, 5.41) is 6.45. The van der Waals surface area contributed by atoms with Crippen molar-refractivity contribution in [3.05, 3.63) is 23.9 Å². The summed E-state index contributed by atoms with van der Waals surface area (Å²) >= 11 is 0. The van der Waals surface area contributed by atoms with E-state index in [9.17, 15) is 8.42 Å². The first-order valence-electron chi connectivity index (χ1n) is 9.93. The lowest BCUT2D eigenvalue weighted by Gasteiger charge is -2.18. The molecule has 0 aliphatic carbocycles. The molecule has 0 fully saturated rings. The van der Waals surface area contributed by atoms with Crippen LogP contribution in [0.1, 0.15) is 53.0 Å². The van der Waals surface area contributed by atoms with Crippen LogP contribution < -0.4 is 15.4 Å². The van der Waals surface area contributed by atoms with Gasteiger partial charge in [0.2, 0.25) is 5.88 Å². The van der Waals surface area contributed by atoms with Gasteiger partial charge in [-0.1, -0.05) is 13.8 Å². The highest BCUT2D eigenvalue weighted by Crippen LogP contribution is 2.15. The zero-order valence-electron chi connectivity index (χ0n) is 18.0. The quantitative estimate of drug-likeness (QED) is 0.429. The van der Waals surface area contributed by atoms with Crippen molar-refractivity contribution in [2.45, 2.75) is 66.2 Å². The zero-order valence-corrected chi connectivity index (χ0v) is 18.8. The molecule has 1 aromatic rings. The normalized spacial score (nSPS) is 14.6. The summed E-state index contributed by atoms with van der Waals surface area (Å²) in [6.45, 7) is 11.5. The molecular weight excluding hydrogens is 376 g/mol. The molecule has 0 saturated carbocycles. The first kappa shape index (κ1) is 24.2. The van der Waals surface area contributed by atoms with Crippen LogP contribution in [0.5, 0.6) is 5.88 Å². The second kappa shape index (κ2) is 11.9. The third-order valence-electron chi connectivity index (χ3n) is 3.99. The second-order valence-corrected chi connectivity index (χ2v) is 9.98. The van der Waals surface area contributed by atoms with Crippen molar-refractivity contribution in [2.24, 2.45) is 10.9 Å². The highest BCUT2D eigenvalue weighted by atomic mass is 32.2. The fourth-order valence-electron chi connectivity index (χ4n) is 2.72. The molecule has 1 aromatic heterocycles. The van der Waals surface area contributed by atoms with Crippen LogP contribution in [-0.2, 0) is 16.4 Å². The van der Waals surface area contributed by atoms with Gasteiger partial charge in [0.25, 0.3) is 0 Å². The van der Waals surface area contributed by atoms with Gasteiger partial charge in [-0.25, -0.2) is 18.4 Å². The Balaban J connectivity index is 2.69. The molecule has 0 aliphatic rings. The van der Waals surface area contributed by atoms with Crippen LogP contribution in [0.3, 0.4) is 0 Å². The number of nitrogens with zero attached hydrogens (tertiary/aromatic N) is 2. The number of aromatic nitrogens is 1. The van der Waals surface area contributed by atoms with E-state index in [0.29, 0.717) is 30.7 Å². The molecule has 2 unspecified atom stereocenters. The number of nitrogens with one attached hydrogen (secondary N) is 2. The molecule has 28 heavy (non-hydrogen) atoms. The summed E-state index contributed by atoms with van der Waals surface area (Å²) in [5.74, 6) is 2.00. The number of ether oxygens (including phenoxy) is 1. The fraction of sp³-hybridized carbons (Fsp3) is 0.700. The van der Waals surface area contributed by atoms with Crippen molar-refractivity contribution in [3.8, 4) is 5.88 Å². The Bertz CT molecular complexity index is 720. The molecule has 7 nitrogen and oxygen atoms in total. The topological polar surface area (TPSA) is 92.7 Å². The maximum Gasteiger partial charge on any atom is 0.213 e. The Labute approximate surface area is 170 Å². The molecule has 0 amide bonds. The summed E-state index contributed by atoms with van der Waals surface area (Å²) in [7, 11) is -2.97. The number of guanidine groups is 1. The van der Waals surface area contributed by atoms with Gasteiger partial charge in [-0.2, -0.15) is 0 Å². The molecule has 1 heterocycles. The van der Waals surface area contributed by atoms with Crippen molar-refractivity contribution < 1.29 is 13.2 Å². The van der Waals surface area contributed by atoms with Gasteiger partial charge < -0.3 is 15.4 Å². The van der Waals surface area contributed by atoms with Crippen LogP contribution in [0.25, 0.3) is 0 Å². The number of hydrogen-bond donors (Lipinski definition) is 2. The van der Waals surface area contributed by atoms with E-state index >= 15 is 0 Å². The maximum absolute atomic E-state index is 11.3. The number of pyridine rings is 1. The summed E-state index contributed by atoms with van der Waals surface area (Å²) < 4.78 is 28.6. The van der Waals surface area contributed by atoms with Gasteiger partial charge in [-0.05, 0) is 51.2 Å². The van der Waals surface area contributed by atoms with Crippen molar-refractivity contribution in [3.63, 3.8) is 0 Å². The molecule has 0 radical (unpaired) electrons. The van der Waals surface area contributed by atoms with E-state index in [1.165, 1.54) is 6.26 Å². The van der Waals surface area contributed by atoms with Crippen LogP contribution >= 0.6 is 0 Å². The Morgan fingerprint density at radius 1 is 1.29 bits per heavy atom. The molecule has 0 saturated heterocycles. The van der Waals surface area contributed by atoms with Gasteiger partial charge in [-0.3, -0.25) is 0 Å². The van der Waals surface area contributed by atoms with Crippen molar-refractivity contribution in [2.75, 3.05) is 18.6 Å². The molecule has 1 rings (SSSR count). The molecule has 0 bridgehead atoms. The predicted molar refractivity (Wildman–Crippen MR) is 116 cm³/mol. The highest BCUT2D eigenvalue weighted by molar-refractivity contribution is 7.90. The summed E-state index contributed by atoms with van der Waals surface area (Å²) in [5.41, 5.74) is 1.00. The van der Waals surface area contributed by atoms with E-state index in [1.807, 2.05) is 26.0 Å². The Morgan fingerprint density at radius 2 is 2.00 bits per heavy atom. The average Bonchev–Trinajstić information content (AvgIpc) is 2.57. The van der Waals surface area contributed by atoms with Crippen LogP contribution in [0.2, 0.25) is 0 Å². The van der Waals surface area contributed by atoms with E-state index in [4.69, 9.17) is 4.74 Å². The van der Waals surface area contributed by atoms with Gasteiger partial charge >= 0.3 is 0 Å². The van der Waals surface area contributed by atoms with Gasteiger partial charge in [0.15, 0.2) is 5.96 Å². The molecule has 2 atom stereocenters. The van der Waals surface area contributed by atoms with E-state index in [1.54, 1.807) is 6.20 Å². The monoisotopic (exact) mass is 412 g/mol. The van der Waals surface area contributed by atoms with Crippen molar-refractivity contribution in [1.82, 2.24) is 15.6 Å². The Kier molecular flexibility index (Phi) is 10.3. The minimum atomic E-state index is -2.97. The Morgan fingerprint density at radius 3 is 2.61 bits per heavy atom.